The Labute approximate surface area is 189 Å². The summed E-state index contributed by atoms with van der Waals surface area (Å²) in [6.07, 6.45) is 9.39. The van der Waals surface area contributed by atoms with Crippen molar-refractivity contribution in [2.45, 2.75) is 122 Å². The van der Waals surface area contributed by atoms with Crippen LogP contribution in [0, 0.1) is 34.5 Å². The number of epoxide rings is 1. The summed E-state index contributed by atoms with van der Waals surface area (Å²) in [5.41, 5.74) is 0.212. The van der Waals surface area contributed by atoms with Crippen molar-refractivity contribution in [1.29, 1.82) is 5.26 Å². The molecule has 4 aliphatic rings. The van der Waals surface area contributed by atoms with Gasteiger partial charge in [0.2, 0.25) is 0 Å². The average Bonchev–Trinajstić information content (AvgIpc) is 3.30. The maximum atomic E-state index is 11.5. The van der Waals surface area contributed by atoms with Crippen LogP contribution in [0.4, 0.5) is 0 Å². The minimum absolute atomic E-state index is 0.0223. The standard InChI is InChI=1S/C25H41NO4Si/c1-17(27)28-19-9-12-23(2)18(15-19)7-8-22-21(23)11-13-24(3)25(22,30-24)14-10-20(16-26)29-31(4,5)6/h18-22H,7-15H2,1-6H3. The minimum Gasteiger partial charge on any atom is -0.463 e. The third-order valence-electron chi connectivity index (χ3n) is 9.19. The van der Waals surface area contributed by atoms with Gasteiger partial charge in [0.05, 0.1) is 11.7 Å². The van der Waals surface area contributed by atoms with E-state index in [2.05, 4.69) is 39.6 Å². The van der Waals surface area contributed by atoms with Crippen molar-refractivity contribution >= 4 is 14.3 Å². The first-order valence-electron chi connectivity index (χ1n) is 12.4. The van der Waals surface area contributed by atoms with Crippen LogP contribution in [0.2, 0.25) is 19.6 Å². The first-order valence-corrected chi connectivity index (χ1v) is 15.8. The molecule has 3 aliphatic carbocycles. The van der Waals surface area contributed by atoms with Gasteiger partial charge >= 0.3 is 5.97 Å². The third kappa shape index (κ3) is 4.11. The van der Waals surface area contributed by atoms with Gasteiger partial charge in [-0.05, 0) is 108 Å². The molecule has 0 bridgehead atoms. The molecule has 174 valence electrons. The van der Waals surface area contributed by atoms with E-state index in [9.17, 15) is 10.1 Å². The summed E-state index contributed by atoms with van der Waals surface area (Å²) >= 11 is 0. The highest BCUT2D eigenvalue weighted by Crippen LogP contribution is 2.71. The van der Waals surface area contributed by atoms with Crippen molar-refractivity contribution in [2.24, 2.45) is 23.2 Å². The number of rotatable bonds is 6. The van der Waals surface area contributed by atoms with Gasteiger partial charge in [0.25, 0.3) is 0 Å². The van der Waals surface area contributed by atoms with Gasteiger partial charge in [-0.1, -0.05) is 6.92 Å². The highest BCUT2D eigenvalue weighted by molar-refractivity contribution is 6.69. The molecule has 0 amide bonds. The quantitative estimate of drug-likeness (QED) is 0.301. The second-order valence-electron chi connectivity index (χ2n) is 12.1. The first kappa shape index (κ1) is 23.3. The van der Waals surface area contributed by atoms with E-state index >= 15 is 0 Å². The topological polar surface area (TPSA) is 71.8 Å². The summed E-state index contributed by atoms with van der Waals surface area (Å²) < 4.78 is 18.4. The molecule has 6 heteroatoms. The molecule has 0 spiro atoms. The molecule has 4 rings (SSSR count). The van der Waals surface area contributed by atoms with Crippen molar-refractivity contribution in [1.82, 2.24) is 0 Å². The van der Waals surface area contributed by atoms with Crippen LogP contribution in [0.3, 0.4) is 0 Å². The van der Waals surface area contributed by atoms with Crippen LogP contribution in [-0.4, -0.2) is 37.7 Å². The fraction of sp³-hybridized carbons (Fsp3) is 0.920. The maximum absolute atomic E-state index is 11.5. The molecule has 1 aliphatic heterocycles. The number of esters is 1. The smallest absolute Gasteiger partial charge is 0.302 e. The van der Waals surface area contributed by atoms with E-state index in [0.717, 1.165) is 38.5 Å². The number of nitrogens with zero attached hydrogens (tertiary/aromatic N) is 1. The van der Waals surface area contributed by atoms with Crippen LogP contribution >= 0.6 is 0 Å². The number of carbonyl (C=O) groups is 1. The molecule has 0 N–H and O–H groups in total. The fourth-order valence-corrected chi connectivity index (χ4v) is 8.77. The molecule has 0 aromatic carbocycles. The summed E-state index contributed by atoms with van der Waals surface area (Å²) in [5, 5.41) is 9.67. The summed E-state index contributed by atoms with van der Waals surface area (Å²) in [5.74, 6) is 1.73. The lowest BCUT2D eigenvalue weighted by Crippen LogP contribution is -2.55. The number of fused-ring (bicyclic) bond motifs is 5. The first-order chi connectivity index (χ1) is 14.4. The Bertz CT molecular complexity index is 760. The molecule has 31 heavy (non-hydrogen) atoms. The van der Waals surface area contributed by atoms with E-state index in [1.807, 2.05) is 0 Å². The van der Waals surface area contributed by atoms with Gasteiger partial charge < -0.3 is 13.9 Å². The second kappa shape index (κ2) is 7.85. The molecule has 0 aromatic heterocycles. The predicted octanol–water partition coefficient (Wildman–Crippen LogP) is 5.60. The van der Waals surface area contributed by atoms with Gasteiger partial charge in [-0.25, -0.2) is 0 Å². The van der Waals surface area contributed by atoms with Gasteiger partial charge in [0.1, 0.15) is 17.8 Å². The van der Waals surface area contributed by atoms with Crippen molar-refractivity contribution in [3.8, 4) is 6.07 Å². The number of ether oxygens (including phenoxy) is 2. The molecular weight excluding hydrogens is 406 g/mol. The molecule has 8 unspecified atom stereocenters. The SMILES string of the molecule is CC(=O)OC1CCC2(C)C(CCC3C2CCC2(C)OC32CCC(C#N)O[Si](C)(C)C)C1. The van der Waals surface area contributed by atoms with E-state index in [4.69, 9.17) is 13.9 Å². The molecule has 5 nitrogen and oxygen atoms in total. The second-order valence-corrected chi connectivity index (χ2v) is 16.6. The monoisotopic (exact) mass is 447 g/mol. The van der Waals surface area contributed by atoms with Gasteiger partial charge in [0.15, 0.2) is 8.32 Å². The largest absolute Gasteiger partial charge is 0.463 e. The Morgan fingerprint density at radius 2 is 1.90 bits per heavy atom. The lowest BCUT2D eigenvalue weighted by atomic mass is 9.46. The lowest BCUT2D eigenvalue weighted by molar-refractivity contribution is -0.156. The lowest BCUT2D eigenvalue weighted by Gasteiger charge is -2.58. The van der Waals surface area contributed by atoms with E-state index in [-0.39, 0.29) is 29.4 Å². The highest BCUT2D eigenvalue weighted by Gasteiger charge is 2.75. The van der Waals surface area contributed by atoms with Gasteiger partial charge in [0, 0.05) is 6.92 Å². The van der Waals surface area contributed by atoms with E-state index in [1.165, 1.54) is 26.2 Å². The zero-order chi connectivity index (χ0) is 22.7. The Balaban J connectivity index is 1.48. The number of carbonyl (C=O) groups excluding carboxylic acids is 1. The summed E-state index contributed by atoms with van der Waals surface area (Å²) in [4.78, 5) is 11.5. The summed E-state index contributed by atoms with van der Waals surface area (Å²) in [6.45, 7) is 12.8. The third-order valence-corrected chi connectivity index (χ3v) is 10.2. The van der Waals surface area contributed by atoms with Gasteiger partial charge in [-0.2, -0.15) is 5.26 Å². The van der Waals surface area contributed by atoms with Crippen LogP contribution in [0.15, 0.2) is 0 Å². The van der Waals surface area contributed by atoms with Gasteiger partial charge in [-0.3, -0.25) is 4.79 Å². The Morgan fingerprint density at radius 3 is 2.55 bits per heavy atom. The van der Waals surface area contributed by atoms with Crippen LogP contribution in [0.5, 0.6) is 0 Å². The van der Waals surface area contributed by atoms with E-state index < -0.39 is 8.32 Å². The zero-order valence-electron chi connectivity index (χ0n) is 20.3. The Kier molecular flexibility index (Phi) is 5.89. The van der Waals surface area contributed by atoms with Crippen molar-refractivity contribution in [3.05, 3.63) is 0 Å². The van der Waals surface area contributed by atoms with Crippen LogP contribution in [0.25, 0.3) is 0 Å². The molecule has 4 fully saturated rings. The average molecular weight is 448 g/mol. The van der Waals surface area contributed by atoms with Crippen LogP contribution in [0.1, 0.15) is 78.6 Å². The number of nitriles is 1. The number of hydrogen-bond acceptors (Lipinski definition) is 5. The highest BCUT2D eigenvalue weighted by atomic mass is 28.4. The summed E-state index contributed by atoms with van der Waals surface area (Å²) in [6, 6.07) is 2.41. The molecule has 1 saturated heterocycles. The van der Waals surface area contributed by atoms with Crippen LogP contribution in [-0.2, 0) is 18.7 Å². The molecule has 1 heterocycles. The van der Waals surface area contributed by atoms with Crippen LogP contribution < -0.4 is 0 Å². The number of hydrogen-bond donors (Lipinski definition) is 0. The summed E-state index contributed by atoms with van der Waals surface area (Å²) in [7, 11) is -1.74. The molecule has 8 atom stereocenters. The maximum Gasteiger partial charge on any atom is 0.302 e. The molecular formula is C25H41NO4Si. The Morgan fingerprint density at radius 1 is 1.16 bits per heavy atom. The molecule has 0 radical (unpaired) electrons. The molecule has 3 saturated carbocycles. The van der Waals surface area contributed by atoms with E-state index in [1.54, 1.807) is 0 Å². The van der Waals surface area contributed by atoms with E-state index in [0.29, 0.717) is 23.2 Å². The normalized spacial score (nSPS) is 44.8. The van der Waals surface area contributed by atoms with Crippen molar-refractivity contribution in [3.63, 3.8) is 0 Å². The Hall–Kier alpha value is -0.903. The zero-order valence-corrected chi connectivity index (χ0v) is 21.3. The van der Waals surface area contributed by atoms with Crippen molar-refractivity contribution < 1.29 is 18.7 Å². The van der Waals surface area contributed by atoms with Gasteiger partial charge in [-0.15, -0.1) is 0 Å². The minimum atomic E-state index is -1.74. The predicted molar refractivity (Wildman–Crippen MR) is 122 cm³/mol. The fourth-order valence-electron chi connectivity index (χ4n) is 7.75. The van der Waals surface area contributed by atoms with Crippen molar-refractivity contribution in [2.75, 3.05) is 0 Å². The molecule has 0 aromatic rings.